The molecule has 5 nitrogen and oxygen atoms in total. The molecular formula is C16H16N2O3. The summed E-state index contributed by atoms with van der Waals surface area (Å²) in [6, 6.07) is 7.47. The Labute approximate surface area is 122 Å². The minimum Gasteiger partial charge on any atom is -0.481 e. The number of carbonyl (C=O) groups is 2. The first kappa shape index (κ1) is 13.5. The number of hydrogen-bond acceptors (Lipinski definition) is 3. The Morgan fingerprint density at radius 3 is 2.67 bits per heavy atom. The number of benzene rings is 1. The number of rotatable bonds is 3. The highest BCUT2D eigenvalue weighted by molar-refractivity contribution is 6.03. The van der Waals surface area contributed by atoms with Crippen LogP contribution in [-0.2, 0) is 9.59 Å². The van der Waals surface area contributed by atoms with Gasteiger partial charge >= 0.3 is 5.97 Å². The lowest BCUT2D eigenvalue weighted by molar-refractivity contribution is -0.151. The summed E-state index contributed by atoms with van der Waals surface area (Å²) < 4.78 is 0. The van der Waals surface area contributed by atoms with Crippen molar-refractivity contribution in [2.24, 2.45) is 11.8 Å². The molecule has 0 bridgehead atoms. The largest absolute Gasteiger partial charge is 0.481 e. The summed E-state index contributed by atoms with van der Waals surface area (Å²) in [5.74, 6) is -2.10. The Bertz CT molecular complexity index is 727. The second-order valence-electron chi connectivity index (χ2n) is 5.45. The maximum atomic E-state index is 12.2. The van der Waals surface area contributed by atoms with Gasteiger partial charge in [0.2, 0.25) is 5.91 Å². The van der Waals surface area contributed by atoms with Gasteiger partial charge in [-0.25, -0.2) is 0 Å². The van der Waals surface area contributed by atoms with Gasteiger partial charge in [-0.3, -0.25) is 14.6 Å². The van der Waals surface area contributed by atoms with E-state index < -0.39 is 17.8 Å². The van der Waals surface area contributed by atoms with E-state index in [1.54, 1.807) is 6.20 Å². The molecule has 1 fully saturated rings. The van der Waals surface area contributed by atoms with E-state index in [1.807, 2.05) is 31.2 Å². The number of nitrogens with zero attached hydrogens (tertiary/aromatic N) is 1. The summed E-state index contributed by atoms with van der Waals surface area (Å²) in [5, 5.41) is 12.8. The van der Waals surface area contributed by atoms with Crippen molar-refractivity contribution in [3.05, 3.63) is 36.0 Å². The maximum absolute atomic E-state index is 12.2. The van der Waals surface area contributed by atoms with E-state index in [4.69, 9.17) is 5.11 Å². The van der Waals surface area contributed by atoms with E-state index in [2.05, 4.69) is 10.3 Å². The van der Waals surface area contributed by atoms with Crippen LogP contribution in [0.25, 0.3) is 10.9 Å². The second kappa shape index (κ2) is 5.16. The van der Waals surface area contributed by atoms with Gasteiger partial charge in [0.15, 0.2) is 0 Å². The first-order valence-electron chi connectivity index (χ1n) is 6.96. The topological polar surface area (TPSA) is 79.3 Å². The van der Waals surface area contributed by atoms with E-state index >= 15 is 0 Å². The Morgan fingerprint density at radius 1 is 1.24 bits per heavy atom. The minimum atomic E-state index is -0.892. The highest BCUT2D eigenvalue weighted by atomic mass is 16.4. The number of aromatic nitrogens is 1. The van der Waals surface area contributed by atoms with Crippen LogP contribution in [0.15, 0.2) is 30.5 Å². The Balaban J connectivity index is 1.87. The summed E-state index contributed by atoms with van der Waals surface area (Å²) >= 11 is 0. The molecule has 1 saturated carbocycles. The molecule has 1 aliphatic carbocycles. The number of carbonyl (C=O) groups excluding carboxylic acids is 1. The van der Waals surface area contributed by atoms with Crippen molar-refractivity contribution in [3.8, 4) is 0 Å². The van der Waals surface area contributed by atoms with Gasteiger partial charge in [-0.15, -0.1) is 0 Å². The third kappa shape index (κ3) is 2.35. The number of nitrogens with one attached hydrogen (secondary N) is 1. The summed E-state index contributed by atoms with van der Waals surface area (Å²) in [6.45, 7) is 1.97. The van der Waals surface area contributed by atoms with Crippen molar-refractivity contribution in [1.29, 1.82) is 0 Å². The molecule has 2 N–H and O–H groups in total. The van der Waals surface area contributed by atoms with Gasteiger partial charge < -0.3 is 10.4 Å². The normalized spacial score (nSPS) is 20.8. The van der Waals surface area contributed by atoms with Gasteiger partial charge in [0, 0.05) is 11.6 Å². The van der Waals surface area contributed by atoms with Gasteiger partial charge in [-0.2, -0.15) is 0 Å². The standard InChI is InChI=1S/C16H16N2O3/c1-9-4-7-13(12-3-2-8-17-14(9)12)18-15(19)10-5-6-11(10)16(20)21/h2-4,7-8,10-11H,5-6H2,1H3,(H,18,19)(H,20,21). The van der Waals surface area contributed by atoms with Crippen molar-refractivity contribution in [1.82, 2.24) is 4.98 Å². The van der Waals surface area contributed by atoms with Crippen molar-refractivity contribution < 1.29 is 14.7 Å². The van der Waals surface area contributed by atoms with Crippen LogP contribution >= 0.6 is 0 Å². The number of amides is 1. The van der Waals surface area contributed by atoms with E-state index in [-0.39, 0.29) is 5.91 Å². The first-order valence-corrected chi connectivity index (χ1v) is 6.96. The first-order chi connectivity index (χ1) is 10.1. The third-order valence-corrected chi connectivity index (χ3v) is 4.16. The number of carboxylic acid groups (broad SMARTS) is 1. The SMILES string of the molecule is Cc1ccc(NC(=O)C2CCC2C(=O)O)c2cccnc12. The van der Waals surface area contributed by atoms with Gasteiger partial charge in [0.05, 0.1) is 23.0 Å². The molecule has 0 radical (unpaired) electrons. The third-order valence-electron chi connectivity index (χ3n) is 4.16. The molecule has 5 heteroatoms. The van der Waals surface area contributed by atoms with E-state index in [9.17, 15) is 9.59 Å². The van der Waals surface area contributed by atoms with Crippen LogP contribution in [0.4, 0.5) is 5.69 Å². The lowest BCUT2D eigenvalue weighted by atomic mass is 9.73. The molecule has 1 aromatic heterocycles. The van der Waals surface area contributed by atoms with Crippen molar-refractivity contribution in [2.75, 3.05) is 5.32 Å². The van der Waals surface area contributed by atoms with Gasteiger partial charge in [0.25, 0.3) is 0 Å². The van der Waals surface area contributed by atoms with Crippen molar-refractivity contribution in [2.45, 2.75) is 19.8 Å². The average Bonchev–Trinajstić information content (AvgIpc) is 2.40. The zero-order valence-electron chi connectivity index (χ0n) is 11.7. The van der Waals surface area contributed by atoms with Crippen LogP contribution < -0.4 is 5.32 Å². The van der Waals surface area contributed by atoms with Crippen LogP contribution in [0, 0.1) is 18.8 Å². The smallest absolute Gasteiger partial charge is 0.307 e. The molecule has 1 aliphatic rings. The van der Waals surface area contributed by atoms with Crippen LogP contribution in [0.1, 0.15) is 18.4 Å². The number of fused-ring (bicyclic) bond motifs is 1. The predicted octanol–water partition coefficient (Wildman–Crippen LogP) is 2.59. The molecule has 0 saturated heterocycles. The molecule has 1 heterocycles. The molecule has 21 heavy (non-hydrogen) atoms. The molecule has 1 amide bonds. The summed E-state index contributed by atoms with van der Waals surface area (Å²) in [5.41, 5.74) is 2.57. The number of anilines is 1. The fourth-order valence-electron chi connectivity index (χ4n) is 2.76. The summed E-state index contributed by atoms with van der Waals surface area (Å²) in [4.78, 5) is 27.6. The minimum absolute atomic E-state index is 0.220. The maximum Gasteiger partial charge on any atom is 0.307 e. The average molecular weight is 284 g/mol. The lowest BCUT2D eigenvalue weighted by Gasteiger charge is -2.32. The Kier molecular flexibility index (Phi) is 3.33. The van der Waals surface area contributed by atoms with Crippen LogP contribution in [0.2, 0.25) is 0 Å². The van der Waals surface area contributed by atoms with E-state index in [0.717, 1.165) is 16.5 Å². The van der Waals surface area contributed by atoms with Crippen molar-refractivity contribution >= 4 is 28.5 Å². The zero-order valence-corrected chi connectivity index (χ0v) is 11.7. The molecule has 2 unspecified atom stereocenters. The Hall–Kier alpha value is -2.43. The lowest BCUT2D eigenvalue weighted by Crippen LogP contribution is -2.41. The second-order valence-corrected chi connectivity index (χ2v) is 5.45. The number of aryl methyl sites for hydroxylation is 1. The quantitative estimate of drug-likeness (QED) is 0.908. The molecular weight excluding hydrogens is 268 g/mol. The molecule has 0 spiro atoms. The Morgan fingerprint density at radius 2 is 2.00 bits per heavy atom. The van der Waals surface area contributed by atoms with Crippen LogP contribution in [-0.4, -0.2) is 22.0 Å². The number of pyridine rings is 1. The highest BCUT2D eigenvalue weighted by Crippen LogP contribution is 2.36. The van der Waals surface area contributed by atoms with Crippen LogP contribution in [0.3, 0.4) is 0 Å². The zero-order chi connectivity index (χ0) is 15.0. The summed E-state index contributed by atoms with van der Waals surface area (Å²) in [6.07, 6.45) is 2.92. The molecule has 1 aromatic carbocycles. The van der Waals surface area contributed by atoms with Gasteiger partial charge in [0.1, 0.15) is 0 Å². The highest BCUT2D eigenvalue weighted by Gasteiger charge is 2.41. The predicted molar refractivity (Wildman–Crippen MR) is 79.0 cm³/mol. The van der Waals surface area contributed by atoms with E-state index in [0.29, 0.717) is 18.5 Å². The fourth-order valence-corrected chi connectivity index (χ4v) is 2.76. The van der Waals surface area contributed by atoms with Crippen LogP contribution in [0.5, 0.6) is 0 Å². The van der Waals surface area contributed by atoms with Gasteiger partial charge in [-0.05, 0) is 43.5 Å². The van der Waals surface area contributed by atoms with Crippen molar-refractivity contribution in [3.63, 3.8) is 0 Å². The molecule has 2 aromatic rings. The van der Waals surface area contributed by atoms with Gasteiger partial charge in [-0.1, -0.05) is 6.07 Å². The monoisotopic (exact) mass is 284 g/mol. The molecule has 0 aliphatic heterocycles. The summed E-state index contributed by atoms with van der Waals surface area (Å²) in [7, 11) is 0. The fraction of sp³-hybridized carbons (Fsp3) is 0.312. The van der Waals surface area contributed by atoms with E-state index in [1.165, 1.54) is 0 Å². The molecule has 2 atom stereocenters. The molecule has 108 valence electrons. The molecule has 3 rings (SSSR count). The number of aliphatic carboxylic acids is 1. The number of carboxylic acids is 1. The number of hydrogen-bond donors (Lipinski definition) is 2.